The maximum atomic E-state index is 11.8. The number of nitrogens with one attached hydrogen (secondary N) is 1. The van der Waals surface area contributed by atoms with Crippen LogP contribution in [-0.4, -0.2) is 25.6 Å². The van der Waals surface area contributed by atoms with Gasteiger partial charge in [-0.05, 0) is 43.0 Å². The van der Waals surface area contributed by atoms with Crippen molar-refractivity contribution in [3.63, 3.8) is 0 Å². The van der Waals surface area contributed by atoms with Crippen LogP contribution in [0.2, 0.25) is 0 Å². The van der Waals surface area contributed by atoms with Gasteiger partial charge in [-0.3, -0.25) is 0 Å². The summed E-state index contributed by atoms with van der Waals surface area (Å²) in [4.78, 5) is 0.382. The van der Waals surface area contributed by atoms with Crippen LogP contribution in [0.5, 0.6) is 0 Å². The Balaban J connectivity index is 2.15. The van der Waals surface area contributed by atoms with E-state index in [1.165, 1.54) is 12.8 Å². The molecule has 118 valence electrons. The molecule has 21 heavy (non-hydrogen) atoms. The van der Waals surface area contributed by atoms with Gasteiger partial charge in [0.25, 0.3) is 0 Å². The van der Waals surface area contributed by atoms with Crippen molar-refractivity contribution >= 4 is 27.1 Å². The van der Waals surface area contributed by atoms with Crippen LogP contribution in [0.4, 0.5) is 5.69 Å². The van der Waals surface area contributed by atoms with Crippen molar-refractivity contribution < 1.29 is 8.42 Å². The third kappa shape index (κ3) is 3.92. The average Bonchev–Trinajstić information content (AvgIpc) is 2.48. The highest BCUT2D eigenvalue weighted by Crippen LogP contribution is 2.36. The van der Waals surface area contributed by atoms with E-state index in [-0.39, 0.29) is 11.3 Å². The lowest BCUT2D eigenvalue weighted by molar-refractivity contribution is 0.279. The van der Waals surface area contributed by atoms with E-state index in [9.17, 15) is 8.42 Å². The van der Waals surface area contributed by atoms with Crippen LogP contribution >= 0.6 is 11.6 Å². The summed E-state index contributed by atoms with van der Waals surface area (Å²) in [6.07, 6.45) is 4.57. The van der Waals surface area contributed by atoms with Gasteiger partial charge in [0.2, 0.25) is 0 Å². The molecular weight excluding hydrogens is 306 g/mol. The number of sulfone groups is 1. The fourth-order valence-electron chi connectivity index (χ4n) is 3.15. The molecule has 1 fully saturated rings. The van der Waals surface area contributed by atoms with Crippen molar-refractivity contribution in [2.45, 2.75) is 50.0 Å². The molecule has 1 N–H and O–H groups in total. The van der Waals surface area contributed by atoms with Gasteiger partial charge in [0, 0.05) is 11.6 Å². The molecule has 2 atom stereocenters. The molecule has 0 saturated heterocycles. The fraction of sp³-hybridized carbons (Fsp3) is 0.625. The number of benzene rings is 1. The van der Waals surface area contributed by atoms with E-state index >= 15 is 0 Å². The first-order chi connectivity index (χ1) is 9.91. The van der Waals surface area contributed by atoms with E-state index in [4.69, 9.17) is 11.6 Å². The maximum absolute atomic E-state index is 11.8. The third-order valence-electron chi connectivity index (χ3n) is 4.35. The second-order valence-corrected chi connectivity index (χ2v) is 8.71. The quantitative estimate of drug-likeness (QED) is 0.828. The van der Waals surface area contributed by atoms with Gasteiger partial charge in [-0.2, -0.15) is 0 Å². The summed E-state index contributed by atoms with van der Waals surface area (Å²) >= 11 is 6.22. The molecule has 0 heterocycles. The molecule has 0 aliphatic heterocycles. The SMILES string of the molecule is CCS(=O)(=O)c1ccc(NC2(CCl)CCCC(C)C2)cc1. The van der Waals surface area contributed by atoms with Gasteiger partial charge in [-0.25, -0.2) is 8.42 Å². The van der Waals surface area contributed by atoms with Crippen LogP contribution in [0, 0.1) is 5.92 Å². The predicted octanol–water partition coefficient (Wildman–Crippen LogP) is 4.08. The van der Waals surface area contributed by atoms with Crippen molar-refractivity contribution in [2.24, 2.45) is 5.92 Å². The molecule has 1 aliphatic rings. The monoisotopic (exact) mass is 329 g/mol. The third-order valence-corrected chi connectivity index (χ3v) is 6.61. The van der Waals surface area contributed by atoms with Gasteiger partial charge in [0.15, 0.2) is 9.84 Å². The highest BCUT2D eigenvalue weighted by molar-refractivity contribution is 7.91. The lowest BCUT2D eigenvalue weighted by Crippen LogP contribution is -2.44. The molecule has 1 aromatic carbocycles. The molecule has 2 rings (SSSR count). The van der Waals surface area contributed by atoms with Crippen LogP contribution in [0.25, 0.3) is 0 Å². The van der Waals surface area contributed by atoms with Gasteiger partial charge < -0.3 is 5.32 Å². The van der Waals surface area contributed by atoms with Crippen molar-refractivity contribution in [3.05, 3.63) is 24.3 Å². The number of hydrogen-bond donors (Lipinski definition) is 1. The molecule has 1 saturated carbocycles. The Hall–Kier alpha value is -0.740. The number of halogens is 1. The van der Waals surface area contributed by atoms with E-state index in [0.717, 1.165) is 18.5 Å². The first-order valence-electron chi connectivity index (χ1n) is 7.58. The van der Waals surface area contributed by atoms with E-state index in [0.29, 0.717) is 16.7 Å². The lowest BCUT2D eigenvalue weighted by Gasteiger charge is -2.40. The Morgan fingerprint density at radius 2 is 2.00 bits per heavy atom. The van der Waals surface area contributed by atoms with Crippen molar-refractivity contribution in [2.75, 3.05) is 16.9 Å². The molecule has 0 bridgehead atoms. The molecule has 2 unspecified atom stereocenters. The number of rotatable bonds is 5. The second kappa shape index (κ2) is 6.57. The predicted molar refractivity (Wildman–Crippen MR) is 88.9 cm³/mol. The van der Waals surface area contributed by atoms with Crippen molar-refractivity contribution in [3.8, 4) is 0 Å². The zero-order chi connectivity index (χ0) is 15.5. The second-order valence-electron chi connectivity index (χ2n) is 6.17. The van der Waals surface area contributed by atoms with Gasteiger partial charge in [-0.15, -0.1) is 11.6 Å². The maximum Gasteiger partial charge on any atom is 0.178 e. The highest BCUT2D eigenvalue weighted by Gasteiger charge is 2.34. The molecule has 5 heteroatoms. The Kier molecular flexibility index (Phi) is 5.20. The van der Waals surface area contributed by atoms with Crippen LogP contribution in [-0.2, 0) is 9.84 Å². The zero-order valence-corrected chi connectivity index (χ0v) is 14.3. The standard InChI is InChI=1S/C16H24ClNO2S/c1-3-21(19,20)15-8-6-14(7-9-15)18-16(12-17)10-4-5-13(2)11-16/h6-9,13,18H,3-5,10-12H2,1-2H3. The molecule has 0 spiro atoms. The summed E-state index contributed by atoms with van der Waals surface area (Å²) in [6, 6.07) is 7.04. The molecule has 0 amide bonds. The molecule has 3 nitrogen and oxygen atoms in total. The Bertz CT molecular complexity index is 570. The minimum Gasteiger partial charge on any atom is -0.378 e. The summed E-state index contributed by atoms with van der Waals surface area (Å²) in [5, 5.41) is 3.54. The molecule has 1 aromatic rings. The summed E-state index contributed by atoms with van der Waals surface area (Å²) in [7, 11) is -3.13. The smallest absolute Gasteiger partial charge is 0.178 e. The minimum atomic E-state index is -3.13. The van der Waals surface area contributed by atoms with E-state index in [1.807, 2.05) is 12.1 Å². The number of alkyl halides is 1. The van der Waals surface area contributed by atoms with Crippen LogP contribution in [0.1, 0.15) is 39.5 Å². The van der Waals surface area contributed by atoms with Crippen molar-refractivity contribution in [1.82, 2.24) is 0 Å². The number of hydrogen-bond acceptors (Lipinski definition) is 3. The van der Waals surface area contributed by atoms with Crippen LogP contribution in [0.3, 0.4) is 0 Å². The Morgan fingerprint density at radius 3 is 2.52 bits per heavy atom. The number of anilines is 1. The lowest BCUT2D eigenvalue weighted by atomic mass is 9.77. The zero-order valence-electron chi connectivity index (χ0n) is 12.7. The van der Waals surface area contributed by atoms with Gasteiger partial charge in [0.05, 0.1) is 16.2 Å². The first kappa shape index (κ1) is 16.6. The van der Waals surface area contributed by atoms with Crippen molar-refractivity contribution in [1.29, 1.82) is 0 Å². The summed E-state index contributed by atoms with van der Waals surface area (Å²) < 4.78 is 23.6. The molecule has 0 aromatic heterocycles. The summed E-state index contributed by atoms with van der Waals surface area (Å²) in [5.74, 6) is 1.37. The normalized spacial score (nSPS) is 26.5. The first-order valence-corrected chi connectivity index (χ1v) is 9.76. The fourth-order valence-corrected chi connectivity index (χ4v) is 4.34. The Labute approximate surface area is 133 Å². The average molecular weight is 330 g/mol. The molecule has 0 radical (unpaired) electrons. The highest BCUT2D eigenvalue weighted by atomic mass is 35.5. The summed E-state index contributed by atoms with van der Waals surface area (Å²) in [6.45, 7) is 3.92. The summed E-state index contributed by atoms with van der Waals surface area (Å²) in [5.41, 5.74) is 0.879. The molecule has 1 aliphatic carbocycles. The topological polar surface area (TPSA) is 46.2 Å². The Morgan fingerprint density at radius 1 is 1.33 bits per heavy atom. The van der Waals surface area contributed by atoms with Gasteiger partial charge >= 0.3 is 0 Å². The largest absolute Gasteiger partial charge is 0.378 e. The minimum absolute atomic E-state index is 0.0651. The van der Waals surface area contributed by atoms with E-state index in [1.54, 1.807) is 19.1 Å². The van der Waals surface area contributed by atoms with E-state index in [2.05, 4.69) is 12.2 Å². The molecular formula is C16H24ClNO2S. The van der Waals surface area contributed by atoms with Crippen LogP contribution in [0.15, 0.2) is 29.2 Å². The van der Waals surface area contributed by atoms with Gasteiger partial charge in [0.1, 0.15) is 0 Å². The van der Waals surface area contributed by atoms with E-state index < -0.39 is 9.84 Å². The van der Waals surface area contributed by atoms with Crippen LogP contribution < -0.4 is 5.32 Å². The van der Waals surface area contributed by atoms with Gasteiger partial charge in [-0.1, -0.05) is 26.7 Å².